The largest absolute Gasteiger partial charge is 0.497 e. The molecule has 0 aromatic heterocycles. The SMILES string of the molecule is COc1ccc(OC)c(N(CC(=O)N(Cc2c(Cl)cccc2Cl)[C@@H](C)C(=O)NC2CCCC2)S(=O)(=O)c2ccc(OC)c(OC)c2)c1. The number of nitrogens with zero attached hydrogens (tertiary/aromatic N) is 2. The lowest BCUT2D eigenvalue weighted by molar-refractivity contribution is -0.139. The molecule has 1 fully saturated rings. The van der Waals surface area contributed by atoms with E-state index in [1.54, 1.807) is 31.2 Å². The molecular formula is C33H39Cl2N3O8S. The third-order valence-corrected chi connectivity index (χ3v) is 10.6. The first-order valence-corrected chi connectivity index (χ1v) is 17.1. The van der Waals surface area contributed by atoms with E-state index in [1.807, 2.05) is 0 Å². The van der Waals surface area contributed by atoms with Crippen molar-refractivity contribution in [2.24, 2.45) is 0 Å². The number of amides is 2. The molecule has 11 nitrogen and oxygen atoms in total. The molecule has 14 heteroatoms. The summed E-state index contributed by atoms with van der Waals surface area (Å²) >= 11 is 13.0. The van der Waals surface area contributed by atoms with Gasteiger partial charge in [0.2, 0.25) is 11.8 Å². The van der Waals surface area contributed by atoms with Crippen molar-refractivity contribution in [1.29, 1.82) is 0 Å². The summed E-state index contributed by atoms with van der Waals surface area (Å²) in [7, 11) is 1.15. The maximum atomic E-state index is 14.5. The lowest BCUT2D eigenvalue weighted by atomic mass is 10.1. The zero-order valence-corrected chi connectivity index (χ0v) is 29.2. The van der Waals surface area contributed by atoms with Gasteiger partial charge in [-0.1, -0.05) is 42.1 Å². The van der Waals surface area contributed by atoms with Crippen molar-refractivity contribution < 1.29 is 37.0 Å². The summed E-state index contributed by atoms with van der Waals surface area (Å²) in [5.41, 5.74) is 0.451. The van der Waals surface area contributed by atoms with Crippen molar-refractivity contribution in [2.75, 3.05) is 39.3 Å². The quantitative estimate of drug-likeness (QED) is 0.226. The minimum absolute atomic E-state index is 0.00576. The maximum Gasteiger partial charge on any atom is 0.265 e. The van der Waals surface area contributed by atoms with Crippen LogP contribution < -0.4 is 28.6 Å². The van der Waals surface area contributed by atoms with Crippen LogP contribution in [0.4, 0.5) is 5.69 Å². The van der Waals surface area contributed by atoms with Crippen LogP contribution in [0.15, 0.2) is 59.5 Å². The van der Waals surface area contributed by atoms with Gasteiger partial charge in [-0.3, -0.25) is 13.9 Å². The predicted octanol–water partition coefficient (Wildman–Crippen LogP) is 5.70. The van der Waals surface area contributed by atoms with E-state index in [1.165, 1.54) is 63.7 Å². The summed E-state index contributed by atoms with van der Waals surface area (Å²) in [6, 6.07) is 12.6. The summed E-state index contributed by atoms with van der Waals surface area (Å²) in [6.07, 6.45) is 3.69. The summed E-state index contributed by atoms with van der Waals surface area (Å²) in [5.74, 6) is -0.0894. The highest BCUT2D eigenvalue weighted by Crippen LogP contribution is 2.38. The van der Waals surface area contributed by atoms with E-state index in [0.717, 1.165) is 30.0 Å². The van der Waals surface area contributed by atoms with E-state index in [-0.39, 0.29) is 40.6 Å². The molecule has 1 aliphatic carbocycles. The fourth-order valence-corrected chi connectivity index (χ4v) is 7.39. The van der Waals surface area contributed by atoms with Gasteiger partial charge >= 0.3 is 0 Å². The molecule has 2 amide bonds. The average molecular weight is 709 g/mol. The van der Waals surface area contributed by atoms with Gasteiger partial charge in [-0.05, 0) is 56.2 Å². The van der Waals surface area contributed by atoms with Crippen molar-refractivity contribution in [3.8, 4) is 23.0 Å². The molecule has 0 aliphatic heterocycles. The standard InChI is InChI=1S/C33H39Cl2N3O8S/c1-21(33(40)36-22-9-6-7-10-22)37(19-25-26(34)11-8-12-27(25)35)32(39)20-38(28-17-23(43-2)13-15-29(28)44-3)47(41,42)24-14-16-30(45-4)31(18-24)46-5/h8,11-18,21-22H,6-7,9-10,19-20H2,1-5H3,(H,36,40)/t21-/m0/s1. The first-order chi connectivity index (χ1) is 22.4. The Bertz CT molecular complexity index is 1680. The second-order valence-corrected chi connectivity index (χ2v) is 13.6. The van der Waals surface area contributed by atoms with Crippen molar-refractivity contribution in [3.63, 3.8) is 0 Å². The number of carbonyl (C=O) groups excluding carboxylic acids is 2. The van der Waals surface area contributed by atoms with Crippen molar-refractivity contribution in [2.45, 2.75) is 56.1 Å². The Morgan fingerprint density at radius 3 is 2.09 bits per heavy atom. The third kappa shape index (κ3) is 8.17. The number of methoxy groups -OCH3 is 4. The molecule has 3 aromatic carbocycles. The molecule has 0 saturated heterocycles. The Morgan fingerprint density at radius 2 is 1.49 bits per heavy atom. The van der Waals surface area contributed by atoms with Crippen molar-refractivity contribution in [3.05, 3.63) is 70.2 Å². The lowest BCUT2D eigenvalue weighted by Gasteiger charge is -2.33. The highest BCUT2D eigenvalue weighted by Gasteiger charge is 2.35. The topological polar surface area (TPSA) is 124 Å². The van der Waals surface area contributed by atoms with Gasteiger partial charge in [0.15, 0.2) is 11.5 Å². The fraction of sp³-hybridized carbons (Fsp3) is 0.394. The molecular weight excluding hydrogens is 669 g/mol. The minimum atomic E-state index is -4.49. The van der Waals surface area contributed by atoms with Gasteiger partial charge in [-0.25, -0.2) is 8.42 Å². The van der Waals surface area contributed by atoms with Gasteiger partial charge in [0, 0.05) is 40.3 Å². The summed E-state index contributed by atoms with van der Waals surface area (Å²) in [6.45, 7) is 0.714. The zero-order chi connectivity index (χ0) is 34.3. The highest BCUT2D eigenvalue weighted by atomic mass is 35.5. The highest BCUT2D eigenvalue weighted by molar-refractivity contribution is 7.92. The average Bonchev–Trinajstić information content (AvgIpc) is 3.59. The Hall–Kier alpha value is -3.87. The number of carbonyl (C=O) groups is 2. The molecule has 1 saturated carbocycles. The molecule has 0 bridgehead atoms. The molecule has 47 heavy (non-hydrogen) atoms. The first kappa shape index (κ1) is 36.0. The van der Waals surface area contributed by atoms with Crippen LogP contribution in [-0.4, -0.2) is 72.2 Å². The second-order valence-electron chi connectivity index (χ2n) is 11.0. The van der Waals surface area contributed by atoms with Crippen molar-refractivity contribution in [1.82, 2.24) is 10.2 Å². The van der Waals surface area contributed by atoms with Gasteiger partial charge in [-0.2, -0.15) is 0 Å². The van der Waals surface area contributed by atoms with Crippen LogP contribution in [0.2, 0.25) is 10.0 Å². The van der Waals surface area contributed by atoms with Crippen LogP contribution in [0, 0.1) is 0 Å². The van der Waals surface area contributed by atoms with E-state index < -0.39 is 28.5 Å². The van der Waals surface area contributed by atoms with Crippen LogP contribution in [-0.2, 0) is 26.2 Å². The molecule has 0 spiro atoms. The normalized spacial score (nSPS) is 13.9. The van der Waals surface area contributed by atoms with E-state index in [0.29, 0.717) is 27.1 Å². The van der Waals surface area contributed by atoms with E-state index >= 15 is 0 Å². The molecule has 1 N–H and O–H groups in total. The smallest absolute Gasteiger partial charge is 0.265 e. The molecule has 0 radical (unpaired) electrons. The summed E-state index contributed by atoms with van der Waals surface area (Å²) in [5, 5.41) is 3.62. The van der Waals surface area contributed by atoms with Crippen molar-refractivity contribution >= 4 is 50.7 Å². The van der Waals surface area contributed by atoms with Gasteiger partial charge in [0.05, 0.1) is 39.0 Å². The third-order valence-electron chi connectivity index (χ3n) is 8.14. The number of hydrogen-bond donors (Lipinski definition) is 1. The molecule has 0 heterocycles. The van der Waals surface area contributed by atoms with Crippen LogP contribution >= 0.6 is 23.2 Å². The molecule has 4 rings (SSSR count). The van der Waals surface area contributed by atoms with Gasteiger partial charge < -0.3 is 29.2 Å². The van der Waals surface area contributed by atoms with E-state index in [9.17, 15) is 18.0 Å². The van der Waals surface area contributed by atoms with Gasteiger partial charge in [0.25, 0.3) is 10.0 Å². The molecule has 1 atom stereocenters. The van der Waals surface area contributed by atoms with Crippen LogP contribution in [0.5, 0.6) is 23.0 Å². The Morgan fingerprint density at radius 1 is 0.872 bits per heavy atom. The van der Waals surface area contributed by atoms with Crippen LogP contribution in [0.3, 0.4) is 0 Å². The van der Waals surface area contributed by atoms with Gasteiger partial charge in [-0.15, -0.1) is 0 Å². The minimum Gasteiger partial charge on any atom is -0.497 e. The number of ether oxygens (including phenoxy) is 4. The van der Waals surface area contributed by atoms with Crippen LogP contribution in [0.25, 0.3) is 0 Å². The van der Waals surface area contributed by atoms with E-state index in [4.69, 9.17) is 42.1 Å². The Kier molecular flexibility index (Phi) is 12.1. The predicted molar refractivity (Wildman–Crippen MR) is 180 cm³/mol. The number of benzene rings is 3. The first-order valence-electron chi connectivity index (χ1n) is 14.9. The fourth-order valence-electron chi connectivity index (χ4n) is 5.44. The summed E-state index contributed by atoms with van der Waals surface area (Å²) in [4.78, 5) is 29.1. The molecule has 3 aromatic rings. The summed E-state index contributed by atoms with van der Waals surface area (Å²) < 4.78 is 51.4. The lowest BCUT2D eigenvalue weighted by Crippen LogP contribution is -2.52. The Balaban J connectivity index is 1.82. The number of sulfonamides is 1. The second kappa shape index (κ2) is 15.8. The number of rotatable bonds is 14. The number of nitrogens with one attached hydrogen (secondary N) is 1. The maximum absolute atomic E-state index is 14.5. The van der Waals surface area contributed by atoms with Gasteiger partial charge in [0.1, 0.15) is 24.1 Å². The Labute approximate surface area is 285 Å². The molecule has 0 unspecified atom stereocenters. The monoisotopic (exact) mass is 707 g/mol. The van der Waals surface area contributed by atoms with E-state index in [2.05, 4.69) is 5.32 Å². The number of halogens is 2. The molecule has 1 aliphatic rings. The number of hydrogen-bond acceptors (Lipinski definition) is 8. The molecule has 254 valence electrons. The van der Waals surface area contributed by atoms with Crippen LogP contribution in [0.1, 0.15) is 38.2 Å². The number of anilines is 1. The zero-order valence-electron chi connectivity index (χ0n) is 26.9.